The van der Waals surface area contributed by atoms with Gasteiger partial charge in [-0.25, -0.2) is 8.42 Å². The lowest BCUT2D eigenvalue weighted by molar-refractivity contribution is 0.591. The second-order valence-electron chi connectivity index (χ2n) is 2.45. The highest BCUT2D eigenvalue weighted by atomic mass is 32.2. The third-order valence-corrected chi connectivity index (χ3v) is 3.31. The SMILES string of the molecule is CC1(S([NH-])(=O)=O)CC1. The van der Waals surface area contributed by atoms with Crippen LogP contribution in [0.1, 0.15) is 19.8 Å². The molecule has 0 atom stereocenters. The van der Waals surface area contributed by atoms with E-state index in [1.165, 1.54) is 0 Å². The molecule has 0 aromatic heterocycles. The standard InChI is InChI=1S/C4H8NO2S/c1-4(2-3-4)8(5,6)7/h2-3H2,1H3,(H-,5,6,7)/q-1. The van der Waals surface area contributed by atoms with Gasteiger partial charge in [0, 0.05) is 0 Å². The van der Waals surface area contributed by atoms with Crippen LogP contribution in [0, 0.1) is 0 Å². The maximum atomic E-state index is 10.4. The van der Waals surface area contributed by atoms with Gasteiger partial charge in [-0.3, -0.25) is 0 Å². The molecule has 1 aliphatic rings. The summed E-state index contributed by atoms with van der Waals surface area (Å²) in [5.41, 5.74) is 0. The molecular formula is C4H8NO2S-. The Morgan fingerprint density at radius 1 is 1.50 bits per heavy atom. The normalized spacial score (nSPS) is 25.2. The summed E-state index contributed by atoms with van der Waals surface area (Å²) in [4.78, 5) is 0. The minimum Gasteiger partial charge on any atom is -0.564 e. The minimum atomic E-state index is -3.48. The van der Waals surface area contributed by atoms with E-state index in [1.54, 1.807) is 6.92 Å². The van der Waals surface area contributed by atoms with Crippen LogP contribution >= 0.6 is 0 Å². The van der Waals surface area contributed by atoms with Crippen LogP contribution in [0.5, 0.6) is 0 Å². The van der Waals surface area contributed by atoms with Gasteiger partial charge in [0.15, 0.2) is 0 Å². The summed E-state index contributed by atoms with van der Waals surface area (Å²) in [6.45, 7) is 1.61. The molecule has 0 aromatic carbocycles. The van der Waals surface area contributed by atoms with Crippen LogP contribution in [0.25, 0.3) is 5.14 Å². The van der Waals surface area contributed by atoms with Crippen molar-refractivity contribution in [3.05, 3.63) is 5.14 Å². The summed E-state index contributed by atoms with van der Waals surface area (Å²) >= 11 is 0. The van der Waals surface area contributed by atoms with Crippen LogP contribution in [0.15, 0.2) is 0 Å². The van der Waals surface area contributed by atoms with Crippen molar-refractivity contribution in [2.45, 2.75) is 24.5 Å². The van der Waals surface area contributed by atoms with E-state index in [9.17, 15) is 8.42 Å². The third kappa shape index (κ3) is 0.736. The number of nitrogens with one attached hydrogen (secondary N) is 1. The molecule has 1 N–H and O–H groups in total. The first-order valence-corrected chi connectivity index (χ1v) is 3.93. The van der Waals surface area contributed by atoms with E-state index >= 15 is 0 Å². The van der Waals surface area contributed by atoms with Gasteiger partial charge < -0.3 is 5.14 Å². The summed E-state index contributed by atoms with van der Waals surface area (Å²) in [7, 11) is -3.48. The number of rotatable bonds is 1. The zero-order chi connectivity index (χ0) is 6.41. The van der Waals surface area contributed by atoms with Crippen LogP contribution in [-0.2, 0) is 10.0 Å². The second kappa shape index (κ2) is 1.25. The molecule has 8 heavy (non-hydrogen) atoms. The fourth-order valence-electron chi connectivity index (χ4n) is 0.445. The quantitative estimate of drug-likeness (QED) is 0.535. The van der Waals surface area contributed by atoms with E-state index in [1.807, 2.05) is 0 Å². The highest BCUT2D eigenvalue weighted by Crippen LogP contribution is 2.43. The van der Waals surface area contributed by atoms with Crippen molar-refractivity contribution in [1.82, 2.24) is 0 Å². The van der Waals surface area contributed by atoms with E-state index in [4.69, 9.17) is 5.14 Å². The molecule has 0 amide bonds. The van der Waals surface area contributed by atoms with Gasteiger partial charge in [0.2, 0.25) is 0 Å². The lowest BCUT2D eigenvalue weighted by Crippen LogP contribution is -2.12. The minimum absolute atomic E-state index is 0.666. The molecule has 0 aliphatic heterocycles. The molecule has 3 nitrogen and oxygen atoms in total. The summed E-state index contributed by atoms with van der Waals surface area (Å²) in [5.74, 6) is 0. The van der Waals surface area contributed by atoms with E-state index in [2.05, 4.69) is 0 Å². The molecule has 0 spiro atoms. The Hall–Kier alpha value is -0.0900. The highest BCUT2D eigenvalue weighted by molar-refractivity contribution is 7.94. The number of hydrogen-bond acceptors (Lipinski definition) is 2. The van der Waals surface area contributed by atoms with Gasteiger partial charge >= 0.3 is 0 Å². The first-order chi connectivity index (χ1) is 3.46. The maximum Gasteiger partial charge on any atom is 0.0755 e. The van der Waals surface area contributed by atoms with Crippen LogP contribution in [-0.4, -0.2) is 13.2 Å². The molecule has 4 heteroatoms. The van der Waals surface area contributed by atoms with Gasteiger partial charge in [0.1, 0.15) is 0 Å². The van der Waals surface area contributed by atoms with Gasteiger partial charge in [0.05, 0.1) is 14.8 Å². The van der Waals surface area contributed by atoms with Crippen LogP contribution < -0.4 is 0 Å². The van der Waals surface area contributed by atoms with Crippen molar-refractivity contribution in [2.75, 3.05) is 0 Å². The summed E-state index contributed by atoms with van der Waals surface area (Å²) in [5, 5.41) is 6.62. The molecule has 0 bridgehead atoms. The predicted molar refractivity (Wildman–Crippen MR) is 30.9 cm³/mol. The Balaban J connectivity index is 2.90. The monoisotopic (exact) mass is 134 g/mol. The average Bonchev–Trinajstić information content (AvgIpc) is 2.16. The van der Waals surface area contributed by atoms with Crippen LogP contribution in [0.2, 0.25) is 0 Å². The first kappa shape index (κ1) is 6.04. The van der Waals surface area contributed by atoms with Gasteiger partial charge in [-0.05, 0) is 19.8 Å². The Bertz CT molecular complexity index is 190. The maximum absolute atomic E-state index is 10.4. The Morgan fingerprint density at radius 3 is 1.88 bits per heavy atom. The molecule has 0 radical (unpaired) electrons. The average molecular weight is 134 g/mol. The molecular weight excluding hydrogens is 126 g/mol. The molecule has 48 valence electrons. The van der Waals surface area contributed by atoms with Crippen molar-refractivity contribution >= 4 is 10.0 Å². The van der Waals surface area contributed by atoms with Gasteiger partial charge in [0.25, 0.3) is 0 Å². The molecule has 1 fully saturated rings. The first-order valence-electron chi connectivity index (χ1n) is 2.45. The second-order valence-corrected chi connectivity index (χ2v) is 4.45. The van der Waals surface area contributed by atoms with Crippen LogP contribution in [0.4, 0.5) is 0 Å². The van der Waals surface area contributed by atoms with Crippen molar-refractivity contribution in [2.24, 2.45) is 0 Å². The fourth-order valence-corrected chi connectivity index (χ4v) is 1.08. The molecule has 0 aromatic rings. The highest BCUT2D eigenvalue weighted by Gasteiger charge is 2.43. The molecule has 0 heterocycles. The molecule has 1 aliphatic carbocycles. The van der Waals surface area contributed by atoms with E-state index in [0.717, 1.165) is 0 Å². The fraction of sp³-hybridized carbons (Fsp3) is 1.00. The Labute approximate surface area is 48.9 Å². The van der Waals surface area contributed by atoms with Crippen molar-refractivity contribution in [3.8, 4) is 0 Å². The van der Waals surface area contributed by atoms with Crippen molar-refractivity contribution in [1.29, 1.82) is 0 Å². The van der Waals surface area contributed by atoms with E-state index in [0.29, 0.717) is 12.8 Å². The third-order valence-electron chi connectivity index (χ3n) is 1.60. The van der Waals surface area contributed by atoms with Crippen LogP contribution in [0.3, 0.4) is 0 Å². The smallest absolute Gasteiger partial charge is 0.0755 e. The van der Waals surface area contributed by atoms with Crippen molar-refractivity contribution in [3.63, 3.8) is 0 Å². The zero-order valence-corrected chi connectivity index (χ0v) is 5.46. The summed E-state index contributed by atoms with van der Waals surface area (Å²) in [6, 6.07) is 0. The Morgan fingerprint density at radius 2 is 1.88 bits per heavy atom. The van der Waals surface area contributed by atoms with Crippen molar-refractivity contribution < 1.29 is 8.42 Å². The molecule has 0 unspecified atom stereocenters. The molecule has 1 rings (SSSR count). The zero-order valence-electron chi connectivity index (χ0n) is 4.64. The van der Waals surface area contributed by atoms with Gasteiger partial charge in [-0.2, -0.15) is 0 Å². The molecule has 1 saturated carbocycles. The lowest BCUT2D eigenvalue weighted by Gasteiger charge is -2.10. The lowest BCUT2D eigenvalue weighted by atomic mass is 10.5. The van der Waals surface area contributed by atoms with E-state index < -0.39 is 14.8 Å². The number of hydrogen-bond donors (Lipinski definition) is 0. The van der Waals surface area contributed by atoms with Gasteiger partial charge in [-0.1, -0.05) is 0 Å². The topological polar surface area (TPSA) is 57.9 Å². The molecule has 0 saturated heterocycles. The van der Waals surface area contributed by atoms with E-state index in [-0.39, 0.29) is 0 Å². The summed E-state index contributed by atoms with van der Waals surface area (Å²) in [6.07, 6.45) is 1.33. The predicted octanol–water partition coefficient (Wildman–Crippen LogP) is 0.921. The van der Waals surface area contributed by atoms with Gasteiger partial charge in [-0.15, -0.1) is 0 Å². The Kier molecular flexibility index (Phi) is 0.941. The number of sulfonamides is 1. The largest absolute Gasteiger partial charge is 0.564 e. The summed E-state index contributed by atoms with van der Waals surface area (Å²) < 4.78 is 20.1.